The van der Waals surface area contributed by atoms with Gasteiger partial charge >= 0.3 is 6.16 Å². The zero-order chi connectivity index (χ0) is 16.5. The van der Waals surface area contributed by atoms with E-state index in [0.717, 1.165) is 16.7 Å². The molecular weight excluding hydrogens is 288 g/mol. The van der Waals surface area contributed by atoms with Gasteiger partial charge in [-0.25, -0.2) is 4.79 Å². The first-order chi connectivity index (χ1) is 11.2. The standard InChI is InChI=1S/C20H18O3/c1-3-9-17-12-8-13-18(15-16-10-6-5-7-11-16)19(17)23-20(21)22-14-4-2/h2-3,5-13H,14-15H2,1H3/b9-3+. The van der Waals surface area contributed by atoms with Crippen LogP contribution in [0.1, 0.15) is 23.6 Å². The molecule has 116 valence electrons. The molecule has 0 unspecified atom stereocenters. The Morgan fingerprint density at radius 3 is 2.65 bits per heavy atom. The average Bonchev–Trinajstić information content (AvgIpc) is 2.57. The number of hydrogen-bond acceptors (Lipinski definition) is 3. The molecule has 0 aliphatic carbocycles. The topological polar surface area (TPSA) is 35.5 Å². The summed E-state index contributed by atoms with van der Waals surface area (Å²) in [5.41, 5.74) is 2.86. The van der Waals surface area contributed by atoms with E-state index in [2.05, 4.69) is 5.92 Å². The number of rotatable bonds is 5. The van der Waals surface area contributed by atoms with E-state index >= 15 is 0 Å². The van der Waals surface area contributed by atoms with Crippen LogP contribution in [0.5, 0.6) is 5.75 Å². The van der Waals surface area contributed by atoms with Crippen LogP contribution in [0.3, 0.4) is 0 Å². The van der Waals surface area contributed by atoms with Gasteiger partial charge in [0.15, 0.2) is 6.61 Å². The third-order valence-corrected chi connectivity index (χ3v) is 3.17. The Bertz CT molecular complexity index is 724. The Balaban J connectivity index is 2.31. The van der Waals surface area contributed by atoms with Crippen molar-refractivity contribution in [1.82, 2.24) is 0 Å². The van der Waals surface area contributed by atoms with Crippen LogP contribution in [0.15, 0.2) is 54.6 Å². The number of ether oxygens (including phenoxy) is 2. The normalized spacial score (nSPS) is 10.3. The number of terminal acetylenes is 1. The van der Waals surface area contributed by atoms with Gasteiger partial charge in [0.05, 0.1) is 0 Å². The fraction of sp³-hybridized carbons (Fsp3) is 0.150. The highest BCUT2D eigenvalue weighted by atomic mass is 16.7. The lowest BCUT2D eigenvalue weighted by molar-refractivity contribution is 0.111. The van der Waals surface area contributed by atoms with Crippen molar-refractivity contribution < 1.29 is 14.3 Å². The van der Waals surface area contributed by atoms with Crippen LogP contribution in [0.4, 0.5) is 4.79 Å². The lowest BCUT2D eigenvalue weighted by Gasteiger charge is -2.13. The summed E-state index contributed by atoms with van der Waals surface area (Å²) in [7, 11) is 0. The monoisotopic (exact) mass is 306 g/mol. The molecule has 0 radical (unpaired) electrons. The van der Waals surface area contributed by atoms with E-state index in [1.807, 2.05) is 67.6 Å². The van der Waals surface area contributed by atoms with Crippen molar-refractivity contribution in [2.75, 3.05) is 6.61 Å². The third kappa shape index (κ3) is 4.76. The summed E-state index contributed by atoms with van der Waals surface area (Å²) < 4.78 is 10.2. The van der Waals surface area contributed by atoms with Crippen molar-refractivity contribution >= 4 is 12.2 Å². The van der Waals surface area contributed by atoms with Crippen molar-refractivity contribution in [3.8, 4) is 18.1 Å². The predicted molar refractivity (Wildman–Crippen MR) is 91.2 cm³/mol. The fourth-order valence-electron chi connectivity index (χ4n) is 2.21. The molecule has 0 atom stereocenters. The molecule has 0 N–H and O–H groups in total. The van der Waals surface area contributed by atoms with Gasteiger partial charge in [0.25, 0.3) is 0 Å². The maximum atomic E-state index is 11.8. The van der Waals surface area contributed by atoms with E-state index < -0.39 is 6.16 Å². The Labute approximate surface area is 136 Å². The number of carbonyl (C=O) groups is 1. The molecule has 0 amide bonds. The largest absolute Gasteiger partial charge is 0.514 e. The highest BCUT2D eigenvalue weighted by Crippen LogP contribution is 2.28. The van der Waals surface area contributed by atoms with E-state index in [1.165, 1.54) is 0 Å². The lowest BCUT2D eigenvalue weighted by atomic mass is 10.0. The molecule has 0 saturated carbocycles. The van der Waals surface area contributed by atoms with Gasteiger partial charge in [-0.05, 0) is 12.5 Å². The van der Waals surface area contributed by atoms with Gasteiger partial charge in [0, 0.05) is 17.5 Å². The molecule has 2 aromatic carbocycles. The predicted octanol–water partition coefficient (Wildman–Crippen LogP) is 4.46. The summed E-state index contributed by atoms with van der Waals surface area (Å²) in [4.78, 5) is 11.8. The number of hydrogen-bond donors (Lipinski definition) is 0. The van der Waals surface area contributed by atoms with Crippen LogP contribution in [0.2, 0.25) is 0 Å². The molecule has 23 heavy (non-hydrogen) atoms. The van der Waals surface area contributed by atoms with Crippen LogP contribution in [0.25, 0.3) is 6.08 Å². The van der Waals surface area contributed by atoms with Gasteiger partial charge in [-0.2, -0.15) is 0 Å². The number of allylic oxidation sites excluding steroid dienone is 1. The van der Waals surface area contributed by atoms with Gasteiger partial charge in [-0.15, -0.1) is 6.42 Å². The van der Waals surface area contributed by atoms with Crippen molar-refractivity contribution in [2.24, 2.45) is 0 Å². The molecular formula is C20H18O3. The Morgan fingerprint density at radius 1 is 1.17 bits per heavy atom. The summed E-state index contributed by atoms with van der Waals surface area (Å²) in [6.07, 6.45) is 8.72. The number of para-hydroxylation sites is 1. The average molecular weight is 306 g/mol. The van der Waals surface area contributed by atoms with E-state index in [-0.39, 0.29) is 6.61 Å². The van der Waals surface area contributed by atoms with E-state index in [9.17, 15) is 4.79 Å². The summed E-state index contributed by atoms with van der Waals surface area (Å²) in [6.45, 7) is 1.79. The molecule has 0 spiro atoms. The van der Waals surface area contributed by atoms with Crippen LogP contribution in [-0.4, -0.2) is 12.8 Å². The maximum absolute atomic E-state index is 11.8. The van der Waals surface area contributed by atoms with Gasteiger partial charge in [-0.3, -0.25) is 0 Å². The van der Waals surface area contributed by atoms with Gasteiger partial charge in [-0.1, -0.05) is 66.6 Å². The lowest BCUT2D eigenvalue weighted by Crippen LogP contribution is -2.13. The van der Waals surface area contributed by atoms with Crippen LogP contribution < -0.4 is 4.74 Å². The minimum Gasteiger partial charge on any atom is -0.421 e. The molecule has 0 bridgehead atoms. The van der Waals surface area contributed by atoms with E-state index in [0.29, 0.717) is 12.2 Å². The number of carbonyl (C=O) groups excluding carboxylic acids is 1. The molecule has 0 saturated heterocycles. The minimum atomic E-state index is -0.797. The first-order valence-electron chi connectivity index (χ1n) is 7.31. The quantitative estimate of drug-likeness (QED) is 0.465. The van der Waals surface area contributed by atoms with Crippen molar-refractivity contribution in [1.29, 1.82) is 0 Å². The SMILES string of the molecule is C#CCOC(=O)Oc1c(/C=C/C)cccc1Cc1ccccc1. The Morgan fingerprint density at radius 2 is 1.96 bits per heavy atom. The molecule has 0 aromatic heterocycles. The first kappa shape index (κ1) is 16.4. The Kier molecular flexibility index (Phi) is 6.02. The molecule has 2 aromatic rings. The zero-order valence-corrected chi connectivity index (χ0v) is 13.0. The third-order valence-electron chi connectivity index (χ3n) is 3.17. The van der Waals surface area contributed by atoms with Crippen LogP contribution in [0, 0.1) is 12.3 Å². The summed E-state index contributed by atoms with van der Waals surface area (Å²) >= 11 is 0. The summed E-state index contributed by atoms with van der Waals surface area (Å²) in [5, 5.41) is 0. The highest BCUT2D eigenvalue weighted by Gasteiger charge is 2.14. The maximum Gasteiger partial charge on any atom is 0.514 e. The minimum absolute atomic E-state index is 0.112. The smallest absolute Gasteiger partial charge is 0.421 e. The van der Waals surface area contributed by atoms with Gasteiger partial charge < -0.3 is 9.47 Å². The van der Waals surface area contributed by atoms with Gasteiger partial charge in [0.2, 0.25) is 0 Å². The van der Waals surface area contributed by atoms with E-state index in [1.54, 1.807) is 0 Å². The fourth-order valence-corrected chi connectivity index (χ4v) is 2.21. The highest BCUT2D eigenvalue weighted by molar-refractivity contribution is 5.69. The van der Waals surface area contributed by atoms with Crippen LogP contribution in [-0.2, 0) is 11.2 Å². The second-order valence-corrected chi connectivity index (χ2v) is 4.84. The van der Waals surface area contributed by atoms with E-state index in [4.69, 9.17) is 15.9 Å². The molecule has 3 nitrogen and oxygen atoms in total. The molecule has 0 aliphatic rings. The molecule has 2 rings (SSSR count). The van der Waals surface area contributed by atoms with Crippen molar-refractivity contribution in [3.05, 3.63) is 71.3 Å². The zero-order valence-electron chi connectivity index (χ0n) is 13.0. The van der Waals surface area contributed by atoms with Crippen LogP contribution >= 0.6 is 0 Å². The molecule has 3 heteroatoms. The number of benzene rings is 2. The summed E-state index contributed by atoms with van der Waals surface area (Å²) in [6, 6.07) is 15.7. The molecule has 0 heterocycles. The Hall–Kier alpha value is -2.99. The second kappa shape index (κ2) is 8.45. The first-order valence-corrected chi connectivity index (χ1v) is 7.31. The summed E-state index contributed by atoms with van der Waals surface area (Å²) in [5.74, 6) is 2.74. The second-order valence-electron chi connectivity index (χ2n) is 4.84. The van der Waals surface area contributed by atoms with Crippen molar-refractivity contribution in [3.63, 3.8) is 0 Å². The van der Waals surface area contributed by atoms with Gasteiger partial charge in [0.1, 0.15) is 5.75 Å². The molecule has 0 aliphatic heterocycles. The van der Waals surface area contributed by atoms with Crippen molar-refractivity contribution in [2.45, 2.75) is 13.3 Å². The molecule has 0 fully saturated rings.